The van der Waals surface area contributed by atoms with E-state index in [1.165, 1.54) is 0 Å². The van der Waals surface area contributed by atoms with Gasteiger partial charge in [0.15, 0.2) is 6.10 Å². The first kappa shape index (κ1) is 13.7. The van der Waals surface area contributed by atoms with Gasteiger partial charge in [0, 0.05) is 5.25 Å². The van der Waals surface area contributed by atoms with E-state index in [4.69, 9.17) is 15.3 Å². The minimum atomic E-state index is -2.98. The molecule has 0 aliphatic carbocycles. The molecule has 0 aromatic heterocycles. The van der Waals surface area contributed by atoms with Crippen LogP contribution in [0.5, 0.6) is 0 Å². The maximum atomic E-state index is 11.1. The molecule has 0 radical (unpaired) electrons. The van der Waals surface area contributed by atoms with Crippen molar-refractivity contribution in [3.63, 3.8) is 0 Å². The quantitative estimate of drug-likeness (QED) is 0.291. The van der Waals surface area contributed by atoms with Crippen molar-refractivity contribution in [1.29, 1.82) is 0 Å². The van der Waals surface area contributed by atoms with Crippen molar-refractivity contribution in [1.82, 2.24) is 0 Å². The highest BCUT2D eigenvalue weighted by atomic mass is 32.1. The van der Waals surface area contributed by atoms with E-state index in [9.17, 15) is 4.79 Å². The zero-order valence-electron chi connectivity index (χ0n) is 8.17. The van der Waals surface area contributed by atoms with Gasteiger partial charge in [0.2, 0.25) is 0 Å². The lowest BCUT2D eigenvalue weighted by molar-refractivity contribution is -0.356. The topological polar surface area (TPSA) is 87.0 Å². The predicted molar refractivity (Wildman–Crippen MR) is 52.6 cm³/mol. The fourth-order valence-corrected chi connectivity index (χ4v) is 1.03. The molecule has 0 rings (SSSR count). The van der Waals surface area contributed by atoms with Crippen LogP contribution < -0.4 is 0 Å². The summed E-state index contributed by atoms with van der Waals surface area (Å²) < 4.78 is 4.64. The number of aliphatic hydroxyl groups is 3. The highest BCUT2D eigenvalue weighted by molar-refractivity contribution is 7.80. The first-order valence-electron chi connectivity index (χ1n) is 4.32. The van der Waals surface area contributed by atoms with Crippen LogP contribution in [0, 0.1) is 0 Å². The van der Waals surface area contributed by atoms with Crippen molar-refractivity contribution in [2.45, 2.75) is 44.0 Å². The molecule has 84 valence electrons. The van der Waals surface area contributed by atoms with E-state index in [1.807, 2.05) is 0 Å². The van der Waals surface area contributed by atoms with Gasteiger partial charge in [-0.15, -0.1) is 0 Å². The molecule has 0 fully saturated rings. The Morgan fingerprint density at radius 2 is 2.00 bits per heavy atom. The number of thiol groups is 1. The summed E-state index contributed by atoms with van der Waals surface area (Å²) in [6.07, 6.45) is -1.17. The van der Waals surface area contributed by atoms with Crippen LogP contribution in [0.25, 0.3) is 0 Å². The SMILES string of the molecule is CCC(OC(=O)CC(C)S)C(O)(O)O. The Bertz CT molecular complexity index is 187. The number of rotatable bonds is 5. The largest absolute Gasteiger partial charge is 0.454 e. The van der Waals surface area contributed by atoms with Crippen molar-refractivity contribution in [3.05, 3.63) is 0 Å². The Morgan fingerprint density at radius 1 is 1.50 bits per heavy atom. The first-order chi connectivity index (χ1) is 6.27. The number of ether oxygens (including phenoxy) is 1. The van der Waals surface area contributed by atoms with Crippen LogP contribution in [0.2, 0.25) is 0 Å². The number of carbonyl (C=O) groups excluding carboxylic acids is 1. The zero-order valence-corrected chi connectivity index (χ0v) is 9.07. The third-order valence-corrected chi connectivity index (χ3v) is 1.72. The monoisotopic (exact) mass is 224 g/mol. The van der Waals surface area contributed by atoms with Crippen LogP contribution in [-0.2, 0) is 9.53 Å². The lowest BCUT2D eigenvalue weighted by Crippen LogP contribution is -2.44. The van der Waals surface area contributed by atoms with E-state index >= 15 is 0 Å². The van der Waals surface area contributed by atoms with Crippen molar-refractivity contribution in [3.8, 4) is 0 Å². The van der Waals surface area contributed by atoms with E-state index < -0.39 is 18.0 Å². The minimum Gasteiger partial charge on any atom is -0.454 e. The fraction of sp³-hybridized carbons (Fsp3) is 0.875. The van der Waals surface area contributed by atoms with Crippen molar-refractivity contribution < 1.29 is 24.9 Å². The number of carbonyl (C=O) groups is 1. The van der Waals surface area contributed by atoms with E-state index in [0.717, 1.165) is 0 Å². The molecule has 0 aliphatic heterocycles. The second-order valence-electron chi connectivity index (χ2n) is 3.13. The molecule has 0 heterocycles. The van der Waals surface area contributed by atoms with Gasteiger partial charge in [-0.2, -0.15) is 12.6 Å². The van der Waals surface area contributed by atoms with Gasteiger partial charge < -0.3 is 20.1 Å². The van der Waals surface area contributed by atoms with Crippen LogP contribution >= 0.6 is 12.6 Å². The summed E-state index contributed by atoms with van der Waals surface area (Å²) in [5.41, 5.74) is 0. The predicted octanol–water partition coefficient (Wildman–Crippen LogP) is -0.353. The zero-order chi connectivity index (χ0) is 11.4. The van der Waals surface area contributed by atoms with Gasteiger partial charge in [-0.1, -0.05) is 13.8 Å². The van der Waals surface area contributed by atoms with Crippen molar-refractivity contribution in [2.24, 2.45) is 0 Å². The summed E-state index contributed by atoms with van der Waals surface area (Å²) >= 11 is 3.97. The molecule has 0 aromatic carbocycles. The molecule has 2 unspecified atom stereocenters. The summed E-state index contributed by atoms with van der Waals surface area (Å²) in [7, 11) is 0. The van der Waals surface area contributed by atoms with E-state index in [0.29, 0.717) is 0 Å². The molecule has 3 N–H and O–H groups in total. The molecule has 0 saturated carbocycles. The Balaban J connectivity index is 4.13. The average Bonchev–Trinajstić information content (AvgIpc) is 1.96. The smallest absolute Gasteiger partial charge is 0.314 e. The van der Waals surface area contributed by atoms with Gasteiger partial charge >= 0.3 is 11.9 Å². The summed E-state index contributed by atoms with van der Waals surface area (Å²) in [5.74, 6) is -3.61. The maximum absolute atomic E-state index is 11.1. The van der Waals surface area contributed by atoms with Crippen molar-refractivity contribution >= 4 is 18.6 Å². The molecule has 0 bridgehead atoms. The van der Waals surface area contributed by atoms with Gasteiger partial charge in [-0.25, -0.2) is 0 Å². The van der Waals surface area contributed by atoms with Gasteiger partial charge in [0.05, 0.1) is 6.42 Å². The number of hydrogen-bond donors (Lipinski definition) is 4. The van der Waals surface area contributed by atoms with Crippen LogP contribution in [-0.4, -0.2) is 38.6 Å². The summed E-state index contributed by atoms with van der Waals surface area (Å²) in [4.78, 5) is 11.1. The van der Waals surface area contributed by atoms with E-state index in [2.05, 4.69) is 17.4 Å². The molecule has 2 atom stereocenters. The van der Waals surface area contributed by atoms with Crippen LogP contribution in [0.1, 0.15) is 26.7 Å². The molecular formula is C8H16O5S. The third kappa shape index (κ3) is 5.43. The molecule has 0 spiro atoms. The summed E-state index contributed by atoms with van der Waals surface area (Å²) in [6.45, 7) is 3.26. The number of hydrogen-bond acceptors (Lipinski definition) is 6. The molecule has 14 heavy (non-hydrogen) atoms. The molecule has 0 aromatic rings. The Morgan fingerprint density at radius 3 is 2.29 bits per heavy atom. The lowest BCUT2D eigenvalue weighted by Gasteiger charge is -2.24. The Labute approximate surface area is 88.1 Å². The van der Waals surface area contributed by atoms with Crippen LogP contribution in [0.4, 0.5) is 0 Å². The second-order valence-corrected chi connectivity index (χ2v) is 4.01. The van der Waals surface area contributed by atoms with Gasteiger partial charge in [-0.3, -0.25) is 4.79 Å². The maximum Gasteiger partial charge on any atom is 0.314 e. The number of esters is 1. The molecule has 5 nitrogen and oxygen atoms in total. The van der Waals surface area contributed by atoms with Gasteiger partial charge in [0.1, 0.15) is 0 Å². The molecule has 0 aliphatic rings. The normalized spacial score (nSPS) is 16.1. The standard InChI is InChI=1S/C8H16O5S/c1-3-6(8(10,11)12)13-7(9)4-5(2)14/h5-6,10-12,14H,3-4H2,1-2H3. The molecular weight excluding hydrogens is 208 g/mol. The first-order valence-corrected chi connectivity index (χ1v) is 4.83. The Kier molecular flexibility index (Phi) is 5.43. The summed E-state index contributed by atoms with van der Waals surface area (Å²) in [6, 6.07) is 0. The van der Waals surface area contributed by atoms with Crippen molar-refractivity contribution in [2.75, 3.05) is 0 Å². The average molecular weight is 224 g/mol. The fourth-order valence-electron chi connectivity index (χ4n) is 0.884. The third-order valence-electron chi connectivity index (χ3n) is 1.54. The molecule has 6 heteroatoms. The van der Waals surface area contributed by atoms with Gasteiger partial charge in [0.25, 0.3) is 0 Å². The van der Waals surface area contributed by atoms with Crippen LogP contribution in [0.15, 0.2) is 0 Å². The second kappa shape index (κ2) is 5.55. The molecule has 0 saturated heterocycles. The Hall–Kier alpha value is -0.300. The summed E-state index contributed by atoms with van der Waals surface area (Å²) in [5, 5.41) is 26.2. The lowest BCUT2D eigenvalue weighted by atomic mass is 10.2. The van der Waals surface area contributed by atoms with Crippen LogP contribution in [0.3, 0.4) is 0 Å². The van der Waals surface area contributed by atoms with Gasteiger partial charge in [-0.05, 0) is 6.42 Å². The van der Waals surface area contributed by atoms with E-state index in [1.54, 1.807) is 13.8 Å². The van der Waals surface area contributed by atoms with E-state index in [-0.39, 0.29) is 18.1 Å². The minimum absolute atomic E-state index is 0.0513. The highest BCUT2D eigenvalue weighted by Crippen LogP contribution is 2.13. The highest BCUT2D eigenvalue weighted by Gasteiger charge is 2.34. The molecule has 0 amide bonds.